The van der Waals surface area contributed by atoms with Crippen molar-refractivity contribution in [2.24, 2.45) is 5.92 Å². The molecule has 0 aromatic heterocycles. The lowest BCUT2D eigenvalue weighted by atomic mass is 9.85. The molecule has 0 saturated heterocycles. The fourth-order valence-corrected chi connectivity index (χ4v) is 2.43. The smallest absolute Gasteiger partial charge is 0.0975 e. The Hall–Kier alpha value is 0.110. The Labute approximate surface area is 104 Å². The minimum Gasteiger partial charge on any atom is -0.242 e. The van der Waals surface area contributed by atoms with Crippen LogP contribution in [0.3, 0.4) is 0 Å². The molecule has 1 N–H and O–H groups in total. The topological polar surface area (TPSA) is 29.1 Å². The van der Waals surface area contributed by atoms with Gasteiger partial charge in [0.1, 0.15) is 0 Å². The van der Waals surface area contributed by atoms with E-state index in [1.54, 1.807) is 0 Å². The molecular weight excluding hydrogens is 218 g/mol. The van der Waals surface area contributed by atoms with Crippen LogP contribution in [0.15, 0.2) is 0 Å². The van der Waals surface area contributed by atoms with Gasteiger partial charge >= 0.3 is 0 Å². The van der Waals surface area contributed by atoms with E-state index in [1.807, 2.05) is 20.8 Å². The van der Waals surface area contributed by atoms with Gasteiger partial charge in [0.15, 0.2) is 0 Å². The summed E-state index contributed by atoms with van der Waals surface area (Å²) in [5.41, 5.74) is -0.0197. The van der Waals surface area contributed by atoms with Gasteiger partial charge in [0.05, 0.1) is 15.7 Å². The van der Waals surface area contributed by atoms with E-state index < -0.39 is 11.0 Å². The summed E-state index contributed by atoms with van der Waals surface area (Å²) in [6.07, 6.45) is 3.46. The van der Waals surface area contributed by atoms with E-state index in [9.17, 15) is 4.21 Å². The second-order valence-electron chi connectivity index (χ2n) is 6.16. The molecule has 0 bridgehead atoms. The minimum absolute atomic E-state index is 0.0197. The molecule has 0 aliphatic heterocycles. The van der Waals surface area contributed by atoms with Crippen LogP contribution in [0, 0.1) is 5.92 Å². The Morgan fingerprint density at radius 2 is 1.69 bits per heavy atom. The molecule has 98 valence electrons. The van der Waals surface area contributed by atoms with Crippen molar-refractivity contribution in [1.29, 1.82) is 0 Å². The molecule has 16 heavy (non-hydrogen) atoms. The van der Waals surface area contributed by atoms with Crippen LogP contribution in [0.5, 0.6) is 0 Å². The Morgan fingerprint density at radius 1 is 1.19 bits per heavy atom. The van der Waals surface area contributed by atoms with E-state index in [0.717, 1.165) is 6.42 Å². The summed E-state index contributed by atoms with van der Waals surface area (Å²) in [6.45, 7) is 14.8. The maximum Gasteiger partial charge on any atom is 0.0975 e. The molecule has 0 heterocycles. The second kappa shape index (κ2) is 6.15. The first-order valence-electron chi connectivity index (χ1n) is 6.33. The van der Waals surface area contributed by atoms with Crippen molar-refractivity contribution < 1.29 is 4.21 Å². The highest BCUT2D eigenvalue weighted by atomic mass is 32.2. The minimum atomic E-state index is -0.981. The summed E-state index contributed by atoms with van der Waals surface area (Å²) in [6, 6.07) is 0. The van der Waals surface area contributed by atoms with Gasteiger partial charge in [-0.05, 0) is 40.0 Å². The van der Waals surface area contributed by atoms with Crippen molar-refractivity contribution in [3.63, 3.8) is 0 Å². The predicted octanol–water partition coefficient (Wildman–Crippen LogP) is 3.64. The van der Waals surface area contributed by atoms with Gasteiger partial charge in [-0.3, -0.25) is 0 Å². The van der Waals surface area contributed by atoms with Crippen LogP contribution in [-0.2, 0) is 11.0 Å². The quantitative estimate of drug-likeness (QED) is 0.763. The number of hydrogen-bond acceptors (Lipinski definition) is 1. The summed E-state index contributed by atoms with van der Waals surface area (Å²) in [7, 11) is -0.981. The number of rotatable bonds is 6. The lowest BCUT2D eigenvalue weighted by Crippen LogP contribution is -2.51. The van der Waals surface area contributed by atoms with Crippen LogP contribution in [-0.4, -0.2) is 14.5 Å². The molecular formula is C13H29NOS. The molecule has 0 aromatic carbocycles. The lowest BCUT2D eigenvalue weighted by molar-refractivity contribution is 0.281. The average Bonchev–Trinajstić information content (AvgIpc) is 2.13. The van der Waals surface area contributed by atoms with E-state index in [-0.39, 0.29) is 10.3 Å². The van der Waals surface area contributed by atoms with Crippen molar-refractivity contribution in [3.8, 4) is 0 Å². The van der Waals surface area contributed by atoms with Crippen molar-refractivity contribution in [1.82, 2.24) is 4.72 Å². The Kier molecular flexibility index (Phi) is 6.20. The largest absolute Gasteiger partial charge is 0.242 e. The summed E-state index contributed by atoms with van der Waals surface area (Å²) in [5, 5.41) is 0. The Balaban J connectivity index is 4.62. The second-order valence-corrected chi connectivity index (χ2v) is 8.13. The zero-order valence-corrected chi connectivity index (χ0v) is 12.8. The molecule has 0 unspecified atom stereocenters. The summed E-state index contributed by atoms with van der Waals surface area (Å²) < 4.78 is 15.3. The van der Waals surface area contributed by atoms with E-state index in [2.05, 4.69) is 32.4 Å². The average molecular weight is 247 g/mol. The predicted molar refractivity (Wildman–Crippen MR) is 73.8 cm³/mol. The van der Waals surface area contributed by atoms with Crippen molar-refractivity contribution in [2.45, 2.75) is 78.0 Å². The normalized spacial score (nSPS) is 18.5. The maximum absolute atomic E-state index is 12.1. The molecule has 0 spiro atoms. The first-order chi connectivity index (χ1) is 7.13. The monoisotopic (exact) mass is 247 g/mol. The van der Waals surface area contributed by atoms with Crippen LogP contribution in [0.2, 0.25) is 0 Å². The third kappa shape index (κ3) is 4.96. The van der Waals surface area contributed by atoms with E-state index in [1.165, 1.54) is 12.8 Å². The van der Waals surface area contributed by atoms with Crippen LogP contribution < -0.4 is 4.72 Å². The van der Waals surface area contributed by atoms with E-state index in [4.69, 9.17) is 0 Å². The van der Waals surface area contributed by atoms with Gasteiger partial charge in [0.2, 0.25) is 0 Å². The third-order valence-electron chi connectivity index (χ3n) is 3.21. The molecule has 2 atom stereocenters. The van der Waals surface area contributed by atoms with Gasteiger partial charge < -0.3 is 0 Å². The Bertz CT molecular complexity index is 233. The number of hydrogen-bond donors (Lipinski definition) is 1. The molecule has 0 amide bonds. The van der Waals surface area contributed by atoms with Crippen molar-refractivity contribution in [3.05, 3.63) is 0 Å². The molecule has 0 aliphatic carbocycles. The van der Waals surface area contributed by atoms with Gasteiger partial charge in [-0.25, -0.2) is 8.93 Å². The van der Waals surface area contributed by atoms with E-state index in [0.29, 0.717) is 5.92 Å². The highest BCUT2D eigenvalue weighted by Gasteiger charge is 2.32. The van der Waals surface area contributed by atoms with Gasteiger partial charge in [-0.15, -0.1) is 0 Å². The van der Waals surface area contributed by atoms with Gasteiger partial charge in [0.25, 0.3) is 0 Å². The molecule has 0 fully saturated rings. The summed E-state index contributed by atoms with van der Waals surface area (Å²) >= 11 is 0. The zero-order valence-electron chi connectivity index (χ0n) is 12.0. The van der Waals surface area contributed by atoms with Gasteiger partial charge in [0, 0.05) is 5.54 Å². The standard InChI is InChI=1S/C13H29NOS/c1-8-9-10-13(7,11(2)3)14-16(15)12(4,5)6/h11,14H,8-10H2,1-7H3/t13-,16+/m0/s1. The highest BCUT2D eigenvalue weighted by Crippen LogP contribution is 2.25. The van der Waals surface area contributed by atoms with Crippen LogP contribution >= 0.6 is 0 Å². The zero-order chi connectivity index (χ0) is 13.0. The molecule has 2 nitrogen and oxygen atoms in total. The number of nitrogens with one attached hydrogen (secondary N) is 1. The molecule has 0 radical (unpaired) electrons. The molecule has 0 aliphatic rings. The van der Waals surface area contributed by atoms with Gasteiger partial charge in [-0.1, -0.05) is 33.6 Å². The van der Waals surface area contributed by atoms with Crippen molar-refractivity contribution in [2.75, 3.05) is 0 Å². The van der Waals surface area contributed by atoms with Crippen LogP contribution in [0.25, 0.3) is 0 Å². The maximum atomic E-state index is 12.1. The summed E-state index contributed by atoms with van der Waals surface area (Å²) in [4.78, 5) is 0. The first kappa shape index (κ1) is 16.1. The SMILES string of the molecule is CCCC[C@](C)(N[S@](=O)C(C)(C)C)C(C)C. The molecule has 0 saturated carbocycles. The fraction of sp³-hybridized carbons (Fsp3) is 1.00. The molecule has 3 heteroatoms. The Morgan fingerprint density at radius 3 is 2.00 bits per heavy atom. The van der Waals surface area contributed by atoms with E-state index >= 15 is 0 Å². The third-order valence-corrected chi connectivity index (χ3v) is 4.97. The first-order valence-corrected chi connectivity index (χ1v) is 7.48. The fourth-order valence-electron chi connectivity index (χ4n) is 1.37. The van der Waals surface area contributed by atoms with Crippen LogP contribution in [0.4, 0.5) is 0 Å². The lowest BCUT2D eigenvalue weighted by Gasteiger charge is -2.36. The molecule has 0 rings (SSSR count). The molecule has 0 aromatic rings. The van der Waals surface area contributed by atoms with Crippen molar-refractivity contribution >= 4 is 11.0 Å². The number of unbranched alkanes of at least 4 members (excludes halogenated alkanes) is 1. The summed E-state index contributed by atoms with van der Waals surface area (Å²) in [5.74, 6) is 0.491. The van der Waals surface area contributed by atoms with Crippen LogP contribution in [0.1, 0.15) is 67.7 Å². The highest BCUT2D eigenvalue weighted by molar-refractivity contribution is 7.84. The van der Waals surface area contributed by atoms with Gasteiger partial charge in [-0.2, -0.15) is 0 Å².